The smallest absolute Gasteiger partial charge is 0.0595 e. The summed E-state index contributed by atoms with van der Waals surface area (Å²) in [6.45, 7) is 7.71. The molecular formula is C14H20BrClN2. The van der Waals surface area contributed by atoms with Crippen LogP contribution in [0.25, 0.3) is 0 Å². The van der Waals surface area contributed by atoms with Crippen molar-refractivity contribution in [3.05, 3.63) is 27.7 Å². The highest BCUT2D eigenvalue weighted by Crippen LogP contribution is 2.34. The molecule has 0 spiro atoms. The summed E-state index contributed by atoms with van der Waals surface area (Å²) in [7, 11) is 0. The highest BCUT2D eigenvalue weighted by atomic mass is 79.9. The Kier molecular flexibility index (Phi) is 4.93. The van der Waals surface area contributed by atoms with Crippen molar-refractivity contribution in [2.75, 3.05) is 24.5 Å². The molecule has 1 fully saturated rings. The van der Waals surface area contributed by atoms with Gasteiger partial charge in [0, 0.05) is 19.1 Å². The third-order valence-electron chi connectivity index (χ3n) is 3.64. The van der Waals surface area contributed by atoms with Crippen molar-refractivity contribution >= 4 is 33.2 Å². The number of piperidine rings is 1. The molecule has 18 heavy (non-hydrogen) atoms. The molecule has 0 aromatic heterocycles. The Morgan fingerprint density at radius 2 is 2.28 bits per heavy atom. The molecule has 2 unspecified atom stereocenters. The van der Waals surface area contributed by atoms with E-state index in [1.165, 1.54) is 12.1 Å². The van der Waals surface area contributed by atoms with Crippen molar-refractivity contribution in [2.24, 2.45) is 5.92 Å². The molecule has 1 saturated heterocycles. The zero-order chi connectivity index (χ0) is 13.1. The van der Waals surface area contributed by atoms with E-state index in [1.54, 1.807) is 0 Å². The molecule has 0 bridgehead atoms. The fourth-order valence-electron chi connectivity index (χ4n) is 2.67. The van der Waals surface area contributed by atoms with E-state index >= 15 is 0 Å². The molecule has 100 valence electrons. The second kappa shape index (κ2) is 6.27. The van der Waals surface area contributed by atoms with E-state index < -0.39 is 0 Å². The maximum Gasteiger partial charge on any atom is 0.0595 e. The largest absolute Gasteiger partial charge is 0.370 e. The van der Waals surface area contributed by atoms with Crippen molar-refractivity contribution in [1.29, 1.82) is 0 Å². The van der Waals surface area contributed by atoms with Crippen molar-refractivity contribution in [3.63, 3.8) is 0 Å². The lowest BCUT2D eigenvalue weighted by Crippen LogP contribution is -2.48. The van der Waals surface area contributed by atoms with Crippen LogP contribution < -0.4 is 10.2 Å². The van der Waals surface area contributed by atoms with E-state index in [9.17, 15) is 0 Å². The molecule has 0 amide bonds. The molecule has 2 nitrogen and oxygen atoms in total. The molecular weight excluding hydrogens is 312 g/mol. The summed E-state index contributed by atoms with van der Waals surface area (Å²) in [6.07, 6.45) is 1.19. The van der Waals surface area contributed by atoms with E-state index in [1.807, 2.05) is 12.1 Å². The first-order valence-electron chi connectivity index (χ1n) is 6.55. The third kappa shape index (κ3) is 3.01. The Labute approximate surface area is 123 Å². The summed E-state index contributed by atoms with van der Waals surface area (Å²) in [4.78, 5) is 2.43. The maximum absolute atomic E-state index is 6.16. The van der Waals surface area contributed by atoms with E-state index in [4.69, 9.17) is 11.6 Å². The van der Waals surface area contributed by atoms with Gasteiger partial charge in [-0.2, -0.15) is 0 Å². The van der Waals surface area contributed by atoms with E-state index in [0.29, 0.717) is 12.0 Å². The highest BCUT2D eigenvalue weighted by Gasteiger charge is 2.26. The molecule has 0 saturated carbocycles. The SMILES string of the molecule is CCNC1CCN(c2cccc(Cl)c2Br)CC1C. The summed E-state index contributed by atoms with van der Waals surface area (Å²) in [5.74, 6) is 0.657. The zero-order valence-corrected chi connectivity index (χ0v) is 13.3. The average molecular weight is 332 g/mol. The lowest BCUT2D eigenvalue weighted by Gasteiger charge is -2.39. The van der Waals surface area contributed by atoms with Crippen LogP contribution in [0.3, 0.4) is 0 Å². The van der Waals surface area contributed by atoms with Gasteiger partial charge in [-0.15, -0.1) is 0 Å². The lowest BCUT2D eigenvalue weighted by atomic mass is 9.93. The van der Waals surface area contributed by atoms with Gasteiger partial charge in [0.2, 0.25) is 0 Å². The normalized spacial score (nSPS) is 24.3. The number of anilines is 1. The number of nitrogens with one attached hydrogen (secondary N) is 1. The lowest BCUT2D eigenvalue weighted by molar-refractivity contribution is 0.326. The molecule has 2 atom stereocenters. The topological polar surface area (TPSA) is 15.3 Å². The standard InChI is InChI=1S/C14H20BrClN2/c1-3-17-12-7-8-18(9-10(12)2)13-6-4-5-11(16)14(13)15/h4-6,10,12,17H,3,7-9H2,1-2H3. The van der Waals surface area contributed by atoms with Gasteiger partial charge in [-0.1, -0.05) is 31.5 Å². The Morgan fingerprint density at radius 3 is 2.94 bits per heavy atom. The van der Waals surface area contributed by atoms with Crippen LogP contribution >= 0.6 is 27.5 Å². The minimum atomic E-state index is 0.643. The molecule has 0 aliphatic carbocycles. The first-order chi connectivity index (χ1) is 8.63. The van der Waals surface area contributed by atoms with Gasteiger partial charge in [-0.05, 0) is 46.9 Å². The molecule has 1 aliphatic heterocycles. The van der Waals surface area contributed by atoms with Gasteiger partial charge in [-0.25, -0.2) is 0 Å². The second-order valence-corrected chi connectivity index (χ2v) is 6.15. The first-order valence-corrected chi connectivity index (χ1v) is 7.73. The van der Waals surface area contributed by atoms with Gasteiger partial charge in [0.15, 0.2) is 0 Å². The number of nitrogens with zero attached hydrogens (tertiary/aromatic N) is 1. The predicted molar refractivity (Wildman–Crippen MR) is 82.6 cm³/mol. The summed E-state index contributed by atoms with van der Waals surface area (Å²) >= 11 is 9.75. The average Bonchev–Trinajstić information content (AvgIpc) is 2.35. The van der Waals surface area contributed by atoms with Gasteiger partial charge < -0.3 is 10.2 Å². The van der Waals surface area contributed by atoms with Crippen LogP contribution in [-0.2, 0) is 0 Å². The van der Waals surface area contributed by atoms with Crippen LogP contribution in [0, 0.1) is 5.92 Å². The fraction of sp³-hybridized carbons (Fsp3) is 0.571. The number of hydrogen-bond donors (Lipinski definition) is 1. The Balaban J connectivity index is 2.10. The minimum Gasteiger partial charge on any atom is -0.370 e. The molecule has 1 N–H and O–H groups in total. The van der Waals surface area contributed by atoms with Crippen LogP contribution in [0.15, 0.2) is 22.7 Å². The van der Waals surface area contributed by atoms with Gasteiger partial charge in [0.25, 0.3) is 0 Å². The second-order valence-electron chi connectivity index (χ2n) is 4.95. The van der Waals surface area contributed by atoms with Crippen LogP contribution in [0.4, 0.5) is 5.69 Å². The van der Waals surface area contributed by atoms with Crippen LogP contribution in [-0.4, -0.2) is 25.7 Å². The quantitative estimate of drug-likeness (QED) is 0.903. The summed E-state index contributed by atoms with van der Waals surface area (Å²) < 4.78 is 1.01. The molecule has 1 heterocycles. The maximum atomic E-state index is 6.16. The van der Waals surface area contributed by atoms with E-state index in [2.05, 4.69) is 46.1 Å². The minimum absolute atomic E-state index is 0.643. The van der Waals surface area contributed by atoms with Crippen molar-refractivity contribution in [3.8, 4) is 0 Å². The Hall–Kier alpha value is -0.250. The van der Waals surface area contributed by atoms with E-state index in [-0.39, 0.29) is 0 Å². The molecule has 1 aromatic rings. The third-order valence-corrected chi connectivity index (χ3v) is 5.02. The molecule has 0 radical (unpaired) electrons. The molecule has 1 aliphatic rings. The fourth-order valence-corrected chi connectivity index (χ4v) is 3.35. The van der Waals surface area contributed by atoms with Gasteiger partial charge in [0.1, 0.15) is 0 Å². The first kappa shape index (κ1) is 14.2. The summed E-state index contributed by atoms with van der Waals surface area (Å²) in [6, 6.07) is 6.72. The molecule has 2 rings (SSSR count). The van der Waals surface area contributed by atoms with Crippen molar-refractivity contribution in [2.45, 2.75) is 26.3 Å². The van der Waals surface area contributed by atoms with Gasteiger partial charge >= 0.3 is 0 Å². The Bertz CT molecular complexity index is 411. The zero-order valence-electron chi connectivity index (χ0n) is 10.9. The van der Waals surface area contributed by atoms with E-state index in [0.717, 1.165) is 29.1 Å². The van der Waals surface area contributed by atoms with Crippen LogP contribution in [0.5, 0.6) is 0 Å². The van der Waals surface area contributed by atoms with Crippen LogP contribution in [0.2, 0.25) is 5.02 Å². The number of benzene rings is 1. The molecule has 1 aromatic carbocycles. The summed E-state index contributed by atoms with van der Waals surface area (Å²) in [5.41, 5.74) is 1.21. The number of halogens is 2. The van der Waals surface area contributed by atoms with Crippen molar-refractivity contribution in [1.82, 2.24) is 5.32 Å². The van der Waals surface area contributed by atoms with Crippen LogP contribution in [0.1, 0.15) is 20.3 Å². The molecule has 4 heteroatoms. The van der Waals surface area contributed by atoms with Gasteiger partial charge in [-0.3, -0.25) is 0 Å². The number of hydrogen-bond acceptors (Lipinski definition) is 2. The Morgan fingerprint density at radius 1 is 1.50 bits per heavy atom. The number of rotatable bonds is 3. The van der Waals surface area contributed by atoms with Crippen molar-refractivity contribution < 1.29 is 0 Å². The van der Waals surface area contributed by atoms with Gasteiger partial charge in [0.05, 0.1) is 15.2 Å². The summed E-state index contributed by atoms with van der Waals surface area (Å²) in [5, 5.41) is 4.35. The monoisotopic (exact) mass is 330 g/mol. The highest BCUT2D eigenvalue weighted by molar-refractivity contribution is 9.10. The predicted octanol–water partition coefficient (Wildman–Crippen LogP) is 3.93.